The van der Waals surface area contributed by atoms with Crippen LogP contribution in [0.1, 0.15) is 52.1 Å². The first-order valence-electron chi connectivity index (χ1n) is 13.9. The Bertz CT molecular complexity index is 1740. The van der Waals surface area contributed by atoms with Crippen LogP contribution in [0.3, 0.4) is 0 Å². The number of hydrogen-bond acceptors (Lipinski definition) is 8. The number of ether oxygens (including phenoxy) is 1. The average molecular weight is 561 g/mol. The van der Waals surface area contributed by atoms with Gasteiger partial charge in [-0.3, -0.25) is 14.3 Å². The molecule has 1 aromatic carbocycles. The van der Waals surface area contributed by atoms with Crippen LogP contribution in [0.25, 0.3) is 22.1 Å². The largest absolute Gasteiger partial charge is 0.444 e. The number of fused-ring (bicyclic) bond motifs is 2. The molecule has 4 heterocycles. The Kier molecular flexibility index (Phi) is 7.65. The number of nitrogens with zero attached hydrogens (tertiary/aromatic N) is 6. The molecule has 5 rings (SSSR count). The molecule has 41 heavy (non-hydrogen) atoms. The number of imidazole rings is 1. The Balaban J connectivity index is 1.51. The molecule has 3 aromatic heterocycles. The first kappa shape index (κ1) is 28.1. The smallest absolute Gasteiger partial charge is 0.407 e. The van der Waals surface area contributed by atoms with E-state index in [1.54, 1.807) is 0 Å². The summed E-state index contributed by atoms with van der Waals surface area (Å²) in [6.45, 7) is 10.7. The van der Waals surface area contributed by atoms with Gasteiger partial charge in [0.15, 0.2) is 11.2 Å². The number of anilines is 1. The van der Waals surface area contributed by atoms with Crippen molar-refractivity contribution in [1.29, 1.82) is 0 Å². The van der Waals surface area contributed by atoms with Crippen LogP contribution in [0, 0.1) is 6.92 Å². The van der Waals surface area contributed by atoms with Gasteiger partial charge in [-0.05, 0) is 53.5 Å². The third kappa shape index (κ3) is 6.01. The van der Waals surface area contributed by atoms with Crippen molar-refractivity contribution >= 4 is 34.1 Å². The number of hydrogen-bond donors (Lipinski definition) is 2. The lowest BCUT2D eigenvalue weighted by Gasteiger charge is -2.34. The van der Waals surface area contributed by atoms with E-state index in [0.717, 1.165) is 34.0 Å². The van der Waals surface area contributed by atoms with E-state index in [1.165, 1.54) is 0 Å². The van der Waals surface area contributed by atoms with Crippen LogP contribution in [0.15, 0.2) is 46.0 Å². The first-order chi connectivity index (χ1) is 19.5. The number of aromatic nitrogens is 6. The molecule has 0 bridgehead atoms. The highest BCUT2D eigenvalue weighted by Gasteiger charge is 2.28. The summed E-state index contributed by atoms with van der Waals surface area (Å²) in [6, 6.07) is 7.47. The fraction of sp³-hybridized carbons (Fsp3) is 0.448. The maximum absolute atomic E-state index is 13.8. The number of aryl methyl sites for hydroxylation is 1. The number of carbonyl (C=O) groups is 1. The van der Waals surface area contributed by atoms with Gasteiger partial charge in [-0.2, -0.15) is 4.98 Å². The molecule has 1 aliphatic rings. The molecule has 12 heteroatoms. The summed E-state index contributed by atoms with van der Waals surface area (Å²) in [5.74, 6) is 0.928. The number of rotatable bonds is 6. The quantitative estimate of drug-likeness (QED) is 0.343. The lowest BCUT2D eigenvalue weighted by atomic mass is 10.1. The van der Waals surface area contributed by atoms with E-state index in [0.29, 0.717) is 31.4 Å². The molecule has 1 aliphatic heterocycles. The Morgan fingerprint density at radius 2 is 1.95 bits per heavy atom. The van der Waals surface area contributed by atoms with E-state index >= 15 is 0 Å². The molecular weight excluding hydrogens is 524 g/mol. The number of para-hydroxylation sites is 1. The highest BCUT2D eigenvalue weighted by molar-refractivity contribution is 5.80. The second-order valence-corrected chi connectivity index (χ2v) is 11.3. The molecule has 1 atom stereocenters. The second-order valence-electron chi connectivity index (χ2n) is 11.3. The average Bonchev–Trinajstić information content (AvgIpc) is 3.27. The number of H-pyrrole nitrogens is 1. The number of piperidine rings is 1. The molecule has 12 nitrogen and oxygen atoms in total. The number of allylic oxidation sites excluding steroid dienone is 2. The van der Waals surface area contributed by atoms with Gasteiger partial charge in [0.05, 0.1) is 12.1 Å². The third-order valence-electron chi connectivity index (χ3n) is 6.95. The Labute approximate surface area is 237 Å². The van der Waals surface area contributed by atoms with Gasteiger partial charge in [-0.15, -0.1) is 0 Å². The number of benzene rings is 1. The van der Waals surface area contributed by atoms with Crippen LogP contribution >= 0.6 is 0 Å². The molecule has 0 spiro atoms. The predicted molar refractivity (Wildman–Crippen MR) is 157 cm³/mol. The molecule has 0 saturated carbocycles. The summed E-state index contributed by atoms with van der Waals surface area (Å²) >= 11 is 0. The lowest BCUT2D eigenvalue weighted by Crippen LogP contribution is -2.49. The SMILES string of the molecule is CC=CCn1c(N2CCCC(NC(=O)OC(C)(C)C)C2)nc2[nH]c(=O)n(Cc3nc(C)c4ccccc4n3)c(=O)c21. The van der Waals surface area contributed by atoms with Crippen molar-refractivity contribution in [3.63, 3.8) is 0 Å². The lowest BCUT2D eigenvalue weighted by molar-refractivity contribution is 0.0499. The number of alkyl carbamates (subject to hydrolysis) is 1. The second kappa shape index (κ2) is 11.2. The Morgan fingerprint density at radius 3 is 2.71 bits per heavy atom. The normalized spacial score (nSPS) is 16.1. The van der Waals surface area contributed by atoms with Gasteiger partial charge >= 0.3 is 11.8 Å². The fourth-order valence-corrected chi connectivity index (χ4v) is 5.16. The van der Waals surface area contributed by atoms with Gasteiger partial charge < -0.3 is 19.5 Å². The van der Waals surface area contributed by atoms with Crippen LogP contribution in [0.4, 0.5) is 10.7 Å². The van der Waals surface area contributed by atoms with Crippen molar-refractivity contribution in [1.82, 2.24) is 34.4 Å². The zero-order chi connectivity index (χ0) is 29.3. The van der Waals surface area contributed by atoms with Crippen molar-refractivity contribution in [3.05, 3.63) is 68.8 Å². The van der Waals surface area contributed by atoms with Crippen molar-refractivity contribution < 1.29 is 9.53 Å². The van der Waals surface area contributed by atoms with Crippen molar-refractivity contribution in [3.8, 4) is 0 Å². The summed E-state index contributed by atoms with van der Waals surface area (Å²) in [5.41, 5.74) is 0.383. The van der Waals surface area contributed by atoms with Crippen LogP contribution < -0.4 is 21.5 Å². The molecule has 0 radical (unpaired) electrons. The van der Waals surface area contributed by atoms with Gasteiger partial charge in [0.1, 0.15) is 11.4 Å². The number of nitrogens with one attached hydrogen (secondary N) is 2. The van der Waals surface area contributed by atoms with Gasteiger partial charge in [0.2, 0.25) is 5.95 Å². The van der Waals surface area contributed by atoms with E-state index in [1.807, 2.05) is 80.5 Å². The van der Waals surface area contributed by atoms with Gasteiger partial charge in [0.25, 0.3) is 5.56 Å². The molecule has 0 aliphatic carbocycles. The topological polar surface area (TPSA) is 140 Å². The van der Waals surface area contributed by atoms with Gasteiger partial charge in [-0.1, -0.05) is 30.4 Å². The highest BCUT2D eigenvalue weighted by Crippen LogP contribution is 2.23. The molecule has 216 valence electrons. The molecule has 4 aromatic rings. The number of amides is 1. The van der Waals surface area contributed by atoms with Crippen molar-refractivity contribution in [2.75, 3.05) is 18.0 Å². The van der Waals surface area contributed by atoms with Gasteiger partial charge in [-0.25, -0.2) is 19.6 Å². The predicted octanol–water partition coefficient (Wildman–Crippen LogP) is 3.26. The van der Waals surface area contributed by atoms with Crippen LogP contribution in [0.2, 0.25) is 0 Å². The fourth-order valence-electron chi connectivity index (χ4n) is 5.16. The van der Waals surface area contributed by atoms with Crippen molar-refractivity contribution in [2.24, 2.45) is 0 Å². The standard InChI is InChI=1S/C29H36N8O4/c1-6-7-15-36-23-24(33-26(36)35-14-10-11-19(16-35)31-28(40)41-29(3,4)5)34-27(39)37(25(23)38)17-22-30-18(2)20-12-8-9-13-21(20)32-22/h6-9,12-13,19H,10-11,14-17H2,1-5H3,(H,31,40)(H,34,39). The van der Waals surface area contributed by atoms with E-state index in [4.69, 9.17) is 9.72 Å². The summed E-state index contributed by atoms with van der Waals surface area (Å²) in [5, 5.41) is 3.87. The summed E-state index contributed by atoms with van der Waals surface area (Å²) < 4.78 is 8.37. The minimum Gasteiger partial charge on any atom is -0.444 e. The van der Waals surface area contributed by atoms with E-state index in [9.17, 15) is 14.4 Å². The highest BCUT2D eigenvalue weighted by atomic mass is 16.6. The minimum absolute atomic E-state index is 0.0779. The maximum atomic E-state index is 13.8. The summed E-state index contributed by atoms with van der Waals surface area (Å²) in [7, 11) is 0. The Hall–Kier alpha value is -4.48. The van der Waals surface area contributed by atoms with E-state index < -0.39 is 22.9 Å². The molecular formula is C29H36N8O4. The molecule has 1 amide bonds. The van der Waals surface area contributed by atoms with Crippen LogP contribution in [-0.2, 0) is 17.8 Å². The first-order valence-corrected chi connectivity index (χ1v) is 13.9. The number of aromatic amines is 1. The monoisotopic (exact) mass is 560 g/mol. The number of carbonyl (C=O) groups excluding carboxylic acids is 1. The van der Waals surface area contributed by atoms with Crippen LogP contribution in [-0.4, -0.2) is 59.9 Å². The summed E-state index contributed by atoms with van der Waals surface area (Å²) in [6.07, 6.45) is 4.96. The molecule has 1 unspecified atom stereocenters. The third-order valence-corrected chi connectivity index (χ3v) is 6.95. The van der Waals surface area contributed by atoms with Crippen molar-refractivity contribution in [2.45, 2.75) is 72.2 Å². The van der Waals surface area contributed by atoms with Gasteiger partial charge in [0, 0.05) is 36.8 Å². The zero-order valence-corrected chi connectivity index (χ0v) is 24.1. The zero-order valence-electron chi connectivity index (χ0n) is 24.1. The van der Waals surface area contributed by atoms with E-state index in [-0.39, 0.29) is 23.8 Å². The van der Waals surface area contributed by atoms with Crippen LogP contribution in [0.5, 0.6) is 0 Å². The minimum atomic E-state index is -0.596. The molecule has 2 N–H and O–H groups in total. The maximum Gasteiger partial charge on any atom is 0.407 e. The Morgan fingerprint density at radius 1 is 1.17 bits per heavy atom. The van der Waals surface area contributed by atoms with E-state index in [2.05, 4.69) is 20.3 Å². The molecule has 1 saturated heterocycles. The summed E-state index contributed by atoms with van der Waals surface area (Å²) in [4.78, 5) is 58.0. The molecule has 1 fully saturated rings.